The summed E-state index contributed by atoms with van der Waals surface area (Å²) in [7, 11) is -2.47. The van der Waals surface area contributed by atoms with Crippen molar-refractivity contribution in [1.29, 1.82) is 0 Å². The zero-order chi connectivity index (χ0) is 22.1. The summed E-state index contributed by atoms with van der Waals surface area (Å²) in [4.78, 5) is 12.5. The van der Waals surface area contributed by atoms with Gasteiger partial charge in [0.2, 0.25) is 0 Å². The maximum absolute atomic E-state index is 12.5. The predicted octanol–water partition coefficient (Wildman–Crippen LogP) is 5.94. The molecule has 33 heavy (non-hydrogen) atoms. The molecule has 0 amide bonds. The molecule has 0 saturated heterocycles. The van der Waals surface area contributed by atoms with Crippen molar-refractivity contribution in [3.63, 3.8) is 0 Å². The summed E-state index contributed by atoms with van der Waals surface area (Å²) in [6, 6.07) is 41.6. The first-order valence-corrected chi connectivity index (χ1v) is 12.9. The van der Waals surface area contributed by atoms with E-state index in [0.717, 1.165) is 5.56 Å². The first-order chi connectivity index (χ1) is 15.8. The maximum atomic E-state index is 12.5. The molecular weight excluding hydrogens is 491 g/mol. The molecule has 4 aromatic carbocycles. The van der Waals surface area contributed by atoms with Gasteiger partial charge in [-0.1, -0.05) is 0 Å². The van der Waals surface area contributed by atoms with Crippen molar-refractivity contribution < 1.29 is 9.53 Å². The summed E-state index contributed by atoms with van der Waals surface area (Å²) in [6.07, 6.45) is 2.24. The van der Waals surface area contributed by atoms with E-state index in [2.05, 4.69) is 78.6 Å². The number of rotatable bonds is 8. The number of hydrogen-bond acceptors (Lipinski definition) is 2. The van der Waals surface area contributed by atoms with Gasteiger partial charge in [-0.15, -0.1) is 17.0 Å². The van der Waals surface area contributed by atoms with E-state index < -0.39 is 7.26 Å². The molecule has 0 aliphatic heterocycles. The summed E-state index contributed by atoms with van der Waals surface area (Å²) < 4.78 is 5.49. The molecule has 0 radical (unpaired) electrons. The average Bonchev–Trinajstić information content (AvgIpc) is 2.88. The van der Waals surface area contributed by atoms with E-state index in [1.807, 2.05) is 54.6 Å². The number of carbonyl (C=O) groups excluding carboxylic acids is 1. The van der Waals surface area contributed by atoms with Crippen LogP contribution >= 0.6 is 24.2 Å². The first kappa shape index (κ1) is 24.6. The molecule has 0 spiro atoms. The summed E-state index contributed by atoms with van der Waals surface area (Å²) in [5.41, 5.74) is 0.992. The van der Waals surface area contributed by atoms with Crippen LogP contribution in [0.15, 0.2) is 133 Å². The average molecular weight is 519 g/mol. The molecule has 4 aromatic rings. The molecule has 168 valence electrons. The zero-order valence-corrected chi connectivity index (χ0v) is 21.1. The Kier molecular flexibility index (Phi) is 9.18. The topological polar surface area (TPSA) is 26.3 Å². The van der Waals surface area contributed by atoms with Crippen LogP contribution in [-0.4, -0.2) is 5.97 Å². The van der Waals surface area contributed by atoms with Gasteiger partial charge in [-0.25, -0.2) is 0 Å². The fraction of sp³-hybridized carbons (Fsp3) is 0.0690. The normalized spacial score (nSPS) is 11.5. The molecule has 2 nitrogen and oxygen atoms in total. The third-order valence-corrected chi connectivity index (χ3v) is 10.1. The molecule has 0 aliphatic carbocycles. The summed E-state index contributed by atoms with van der Waals surface area (Å²) in [5.74, 6) is 2.05. The molecule has 0 aliphatic rings. The minimum absolute atomic E-state index is 0. The van der Waals surface area contributed by atoms with E-state index in [9.17, 15) is 4.79 Å². The molecule has 4 heteroatoms. The van der Waals surface area contributed by atoms with Gasteiger partial charge in [0.05, 0.1) is 0 Å². The predicted molar refractivity (Wildman–Crippen MR) is 147 cm³/mol. The van der Waals surface area contributed by atoms with Crippen molar-refractivity contribution in [3.05, 3.63) is 139 Å². The van der Waals surface area contributed by atoms with E-state index in [4.69, 9.17) is 4.74 Å². The van der Waals surface area contributed by atoms with E-state index >= 15 is 0 Å². The Morgan fingerprint density at radius 1 is 0.636 bits per heavy atom. The number of hydrogen-bond donors (Lipinski definition) is 0. The second-order valence-corrected chi connectivity index (χ2v) is 11.3. The Bertz CT molecular complexity index is 1050. The van der Waals surface area contributed by atoms with Gasteiger partial charge in [0.15, 0.2) is 0 Å². The van der Waals surface area contributed by atoms with Gasteiger partial charge in [-0.2, -0.15) is 0 Å². The SMILES string of the molecule is Br.O=C(CC=C[PH](c1ccccc1)(c1ccccc1)c1ccccc1)OCc1ccccc1. The quantitative estimate of drug-likeness (QED) is 0.213. The van der Waals surface area contributed by atoms with Crippen LogP contribution in [0.3, 0.4) is 0 Å². The molecule has 0 aromatic heterocycles. The Morgan fingerprint density at radius 3 is 1.45 bits per heavy atom. The molecule has 0 N–H and O–H groups in total. The molecular formula is C29H28BrO2P. The minimum atomic E-state index is -2.47. The van der Waals surface area contributed by atoms with Crippen molar-refractivity contribution in [2.24, 2.45) is 0 Å². The van der Waals surface area contributed by atoms with Crippen LogP contribution in [-0.2, 0) is 16.1 Å². The molecule has 4 rings (SSSR count). The number of benzene rings is 4. The van der Waals surface area contributed by atoms with Crippen molar-refractivity contribution >= 4 is 46.1 Å². The van der Waals surface area contributed by atoms with Gasteiger partial charge >= 0.3 is 190 Å². The van der Waals surface area contributed by atoms with Crippen LogP contribution in [0, 0.1) is 0 Å². The second kappa shape index (κ2) is 12.3. The summed E-state index contributed by atoms with van der Waals surface area (Å²) >= 11 is 0. The van der Waals surface area contributed by atoms with Crippen LogP contribution in [0.4, 0.5) is 0 Å². The van der Waals surface area contributed by atoms with E-state index in [1.54, 1.807) is 0 Å². The summed E-state index contributed by atoms with van der Waals surface area (Å²) in [6.45, 7) is 0.298. The fourth-order valence-electron chi connectivity index (χ4n) is 4.02. The first-order valence-electron chi connectivity index (χ1n) is 10.8. The fourth-order valence-corrected chi connectivity index (χ4v) is 8.22. The van der Waals surface area contributed by atoms with E-state index in [0.29, 0.717) is 6.61 Å². The summed E-state index contributed by atoms with van der Waals surface area (Å²) in [5, 5.41) is 3.85. The van der Waals surface area contributed by atoms with Crippen molar-refractivity contribution in [3.8, 4) is 0 Å². The molecule has 0 saturated carbocycles. The van der Waals surface area contributed by atoms with Crippen LogP contribution in [0.5, 0.6) is 0 Å². The molecule has 0 unspecified atom stereocenters. The van der Waals surface area contributed by atoms with Crippen molar-refractivity contribution in [2.45, 2.75) is 13.0 Å². The molecule has 0 heterocycles. The Morgan fingerprint density at radius 2 is 1.03 bits per heavy atom. The molecule has 0 bridgehead atoms. The second-order valence-electron chi connectivity index (χ2n) is 7.66. The van der Waals surface area contributed by atoms with E-state index in [1.165, 1.54) is 15.9 Å². The monoisotopic (exact) mass is 518 g/mol. The Labute approximate surface area is 207 Å². The van der Waals surface area contributed by atoms with Crippen LogP contribution in [0.25, 0.3) is 0 Å². The third kappa shape index (κ3) is 6.07. The van der Waals surface area contributed by atoms with E-state index in [-0.39, 0.29) is 29.4 Å². The molecule has 0 fully saturated rings. The number of esters is 1. The van der Waals surface area contributed by atoms with Gasteiger partial charge in [0.1, 0.15) is 0 Å². The number of halogens is 1. The Balaban J connectivity index is 0.00000306. The van der Waals surface area contributed by atoms with Crippen LogP contribution in [0.2, 0.25) is 0 Å². The Hall–Kier alpha value is -3.00. The standard InChI is InChI=1S/C29H27O2P.BrH/c30-29(31-24-25-14-5-1-6-15-25)22-13-23-32(26-16-7-2-8-17-26,27-18-9-3-10-19-27)28-20-11-4-12-21-28;/h1-21,23,32H,22,24H2;1H. The van der Waals surface area contributed by atoms with Crippen molar-refractivity contribution in [1.82, 2.24) is 0 Å². The third-order valence-electron chi connectivity index (χ3n) is 5.58. The number of ether oxygens (including phenoxy) is 1. The van der Waals surface area contributed by atoms with Gasteiger partial charge in [0, 0.05) is 0 Å². The zero-order valence-electron chi connectivity index (χ0n) is 18.3. The number of carbonyl (C=O) groups is 1. The van der Waals surface area contributed by atoms with Crippen LogP contribution < -0.4 is 15.9 Å². The van der Waals surface area contributed by atoms with Gasteiger partial charge < -0.3 is 0 Å². The van der Waals surface area contributed by atoms with Gasteiger partial charge in [-0.3, -0.25) is 0 Å². The van der Waals surface area contributed by atoms with Crippen molar-refractivity contribution in [2.75, 3.05) is 0 Å². The van der Waals surface area contributed by atoms with Gasteiger partial charge in [-0.05, 0) is 0 Å². The van der Waals surface area contributed by atoms with Gasteiger partial charge in [0.25, 0.3) is 0 Å². The van der Waals surface area contributed by atoms with Crippen LogP contribution in [0.1, 0.15) is 12.0 Å². The molecule has 0 atom stereocenters.